The van der Waals surface area contributed by atoms with Crippen LogP contribution >= 0.6 is 0 Å². The maximum Gasteiger partial charge on any atom is 0.0448 e. The Hall–Kier alpha value is -1.18. The summed E-state index contributed by atoms with van der Waals surface area (Å²) >= 11 is 0. The van der Waals surface area contributed by atoms with Gasteiger partial charge in [0.05, 0.1) is 0 Å². The van der Waals surface area contributed by atoms with Crippen LogP contribution in [0.5, 0.6) is 0 Å². The Kier molecular flexibility index (Phi) is 1.07. The molecule has 0 amide bonds. The van der Waals surface area contributed by atoms with Crippen LogP contribution in [-0.4, -0.2) is 11.0 Å². The van der Waals surface area contributed by atoms with E-state index in [9.17, 15) is 0 Å². The summed E-state index contributed by atoms with van der Waals surface area (Å²) in [6, 6.07) is 2.51. The fraction of sp³-hybridized carbons (Fsp3) is 0.250. The van der Waals surface area contributed by atoms with E-state index < -0.39 is 0 Å². The van der Waals surface area contributed by atoms with Crippen molar-refractivity contribution in [2.45, 2.75) is 13.0 Å². The summed E-state index contributed by atoms with van der Waals surface area (Å²) in [5, 5.41) is 5.70. The molecule has 0 aromatic carbocycles. The van der Waals surface area contributed by atoms with Gasteiger partial charge in [-0.15, -0.1) is 0 Å². The minimum absolute atomic E-state index is 0.450. The second-order valence-electron chi connectivity index (χ2n) is 2.61. The fourth-order valence-corrected chi connectivity index (χ4v) is 1.18. The van der Waals surface area contributed by atoms with E-state index in [-0.39, 0.29) is 0 Å². The van der Waals surface area contributed by atoms with E-state index in [0.29, 0.717) is 6.04 Å². The summed E-state index contributed by atoms with van der Waals surface area (Å²) in [5.74, 6) is 0. The summed E-state index contributed by atoms with van der Waals surface area (Å²) < 4.78 is 0. The number of aromatic nitrogens is 1. The molecule has 10 heavy (non-hydrogen) atoms. The Bertz CT molecular complexity index is 334. The second kappa shape index (κ2) is 1.90. The van der Waals surface area contributed by atoms with Crippen LogP contribution in [0.1, 0.15) is 6.92 Å². The van der Waals surface area contributed by atoms with E-state index in [2.05, 4.69) is 29.4 Å². The van der Waals surface area contributed by atoms with Gasteiger partial charge in [0, 0.05) is 29.0 Å². The number of H-pyrrole nitrogens is 1. The van der Waals surface area contributed by atoms with Crippen LogP contribution in [0.2, 0.25) is 0 Å². The Morgan fingerprint density at radius 2 is 2.40 bits per heavy atom. The Morgan fingerprint density at radius 1 is 1.50 bits per heavy atom. The summed E-state index contributed by atoms with van der Waals surface area (Å²) in [4.78, 5) is 3.16. The third-order valence-electron chi connectivity index (χ3n) is 1.73. The Balaban J connectivity index is 2.73. The van der Waals surface area contributed by atoms with Crippen LogP contribution in [0.3, 0.4) is 0 Å². The van der Waals surface area contributed by atoms with Crippen LogP contribution < -0.4 is 15.9 Å². The maximum atomic E-state index is 3.22. The number of aromatic amines is 1. The van der Waals surface area contributed by atoms with E-state index >= 15 is 0 Å². The molecule has 1 aromatic heterocycles. The minimum atomic E-state index is 0.450. The zero-order chi connectivity index (χ0) is 6.97. The topological polar surface area (TPSA) is 27.8 Å². The smallest absolute Gasteiger partial charge is 0.0448 e. The predicted octanol–water partition coefficient (Wildman–Crippen LogP) is -0.475. The van der Waals surface area contributed by atoms with Gasteiger partial charge in [-0.05, 0) is 19.1 Å². The lowest BCUT2D eigenvalue weighted by Crippen LogP contribution is -2.35. The molecule has 2 heterocycles. The monoisotopic (exact) mass is 134 g/mol. The molecule has 0 spiro atoms. The highest BCUT2D eigenvalue weighted by atomic mass is 14.9. The van der Waals surface area contributed by atoms with Crippen LogP contribution in [0.15, 0.2) is 12.3 Å². The lowest BCUT2D eigenvalue weighted by atomic mass is 10.2. The molecule has 1 atom stereocenters. The summed E-state index contributed by atoms with van der Waals surface area (Å²) in [5.41, 5.74) is 0. The standard InChI is InChI=1S/C8H10N2/c1-6-4-8-7(5-10-6)2-3-9-8/h2-6,9-10H,1H3/t6-/m0/s1. The van der Waals surface area contributed by atoms with Crippen molar-refractivity contribution >= 4 is 12.3 Å². The maximum absolute atomic E-state index is 3.22. The van der Waals surface area contributed by atoms with E-state index in [1.165, 1.54) is 10.6 Å². The molecule has 2 nitrogen and oxygen atoms in total. The normalized spacial score (nSPS) is 21.9. The van der Waals surface area contributed by atoms with E-state index in [0.717, 1.165) is 0 Å². The average molecular weight is 134 g/mol. The molecule has 0 aliphatic carbocycles. The molecular weight excluding hydrogens is 124 g/mol. The molecule has 1 aromatic rings. The van der Waals surface area contributed by atoms with Crippen LogP contribution in [0.25, 0.3) is 12.3 Å². The van der Waals surface area contributed by atoms with Gasteiger partial charge >= 0.3 is 0 Å². The molecule has 0 radical (unpaired) electrons. The highest BCUT2D eigenvalue weighted by molar-refractivity contribution is 5.38. The van der Waals surface area contributed by atoms with E-state index in [1.54, 1.807) is 0 Å². The SMILES string of the molecule is C[C@H]1C=c2[nH]ccc2=CN1. The summed E-state index contributed by atoms with van der Waals surface area (Å²) in [7, 11) is 0. The van der Waals surface area contributed by atoms with Crippen LogP contribution in [0, 0.1) is 0 Å². The van der Waals surface area contributed by atoms with Crippen LogP contribution in [-0.2, 0) is 0 Å². The molecule has 2 rings (SSSR count). The largest absolute Gasteiger partial charge is 0.384 e. The molecule has 0 unspecified atom stereocenters. The van der Waals surface area contributed by atoms with Gasteiger partial charge < -0.3 is 10.3 Å². The third-order valence-corrected chi connectivity index (χ3v) is 1.73. The highest BCUT2D eigenvalue weighted by Crippen LogP contribution is 1.84. The second-order valence-corrected chi connectivity index (χ2v) is 2.61. The molecule has 2 heteroatoms. The van der Waals surface area contributed by atoms with Gasteiger partial charge in [-0.1, -0.05) is 0 Å². The van der Waals surface area contributed by atoms with Gasteiger partial charge in [-0.2, -0.15) is 0 Å². The lowest BCUT2D eigenvalue weighted by molar-refractivity contribution is 0.825. The van der Waals surface area contributed by atoms with E-state index in [4.69, 9.17) is 0 Å². The quantitative estimate of drug-likeness (QED) is 0.493. The number of rotatable bonds is 0. The zero-order valence-electron chi connectivity index (χ0n) is 5.89. The minimum Gasteiger partial charge on any atom is -0.384 e. The number of fused-ring (bicyclic) bond motifs is 1. The zero-order valence-corrected chi connectivity index (χ0v) is 5.89. The molecule has 1 aliphatic heterocycles. The first-order valence-electron chi connectivity index (χ1n) is 3.48. The van der Waals surface area contributed by atoms with Crippen molar-refractivity contribution in [3.05, 3.63) is 22.8 Å². The highest BCUT2D eigenvalue weighted by Gasteiger charge is 1.98. The van der Waals surface area contributed by atoms with Crippen LogP contribution in [0.4, 0.5) is 0 Å². The number of nitrogens with one attached hydrogen (secondary N) is 2. The number of hydrogen-bond donors (Lipinski definition) is 2. The fourth-order valence-electron chi connectivity index (χ4n) is 1.18. The lowest BCUT2D eigenvalue weighted by Gasteiger charge is -2.07. The first-order chi connectivity index (χ1) is 4.86. The van der Waals surface area contributed by atoms with Crippen molar-refractivity contribution in [2.24, 2.45) is 0 Å². The van der Waals surface area contributed by atoms with Gasteiger partial charge in [-0.3, -0.25) is 0 Å². The van der Waals surface area contributed by atoms with Crippen molar-refractivity contribution in [2.75, 3.05) is 0 Å². The van der Waals surface area contributed by atoms with Crippen molar-refractivity contribution in [3.8, 4) is 0 Å². The Morgan fingerprint density at radius 3 is 3.30 bits per heavy atom. The van der Waals surface area contributed by atoms with Crippen molar-refractivity contribution in [1.82, 2.24) is 10.3 Å². The molecule has 2 N–H and O–H groups in total. The summed E-state index contributed by atoms with van der Waals surface area (Å²) in [6.45, 7) is 2.13. The molecule has 0 fully saturated rings. The van der Waals surface area contributed by atoms with Gasteiger partial charge in [0.25, 0.3) is 0 Å². The van der Waals surface area contributed by atoms with E-state index in [1.807, 2.05) is 12.4 Å². The van der Waals surface area contributed by atoms with Crippen molar-refractivity contribution in [1.29, 1.82) is 0 Å². The number of hydrogen-bond acceptors (Lipinski definition) is 1. The van der Waals surface area contributed by atoms with Gasteiger partial charge in [0.1, 0.15) is 0 Å². The predicted molar refractivity (Wildman–Crippen MR) is 41.6 cm³/mol. The van der Waals surface area contributed by atoms with Crippen molar-refractivity contribution in [3.63, 3.8) is 0 Å². The first kappa shape index (κ1) is 5.59. The Labute approximate surface area is 59.3 Å². The molecular formula is C8H10N2. The molecule has 1 aliphatic rings. The molecule has 0 saturated carbocycles. The van der Waals surface area contributed by atoms with Gasteiger partial charge in [0.2, 0.25) is 0 Å². The molecule has 0 bridgehead atoms. The van der Waals surface area contributed by atoms with Gasteiger partial charge in [0.15, 0.2) is 0 Å². The first-order valence-corrected chi connectivity index (χ1v) is 3.48. The van der Waals surface area contributed by atoms with Gasteiger partial charge in [-0.25, -0.2) is 0 Å². The summed E-state index contributed by atoms with van der Waals surface area (Å²) in [6.07, 6.45) is 6.17. The molecule has 52 valence electrons. The average Bonchev–Trinajstić information content (AvgIpc) is 2.33. The van der Waals surface area contributed by atoms with Crippen molar-refractivity contribution < 1.29 is 0 Å². The third kappa shape index (κ3) is 0.727. The molecule has 0 saturated heterocycles.